The summed E-state index contributed by atoms with van der Waals surface area (Å²) in [5.74, 6) is 0.156. The molecule has 1 heterocycles. The van der Waals surface area contributed by atoms with Crippen LogP contribution in [0.3, 0.4) is 0 Å². The van der Waals surface area contributed by atoms with E-state index in [0.717, 1.165) is 5.56 Å². The number of benzene rings is 2. The fourth-order valence-electron chi connectivity index (χ4n) is 2.76. The van der Waals surface area contributed by atoms with Gasteiger partial charge in [0, 0.05) is 36.5 Å². The number of likely N-dealkylation sites (tertiary alicyclic amines) is 1. The van der Waals surface area contributed by atoms with Crippen LogP contribution >= 0.6 is 15.9 Å². The molecule has 1 fully saturated rings. The monoisotopic (exact) mass is 407 g/mol. The number of carbonyl (C=O) groups excluding carboxylic acids is 1. The summed E-state index contributed by atoms with van der Waals surface area (Å²) in [4.78, 5) is 13.8. The molecule has 0 aromatic heterocycles. The van der Waals surface area contributed by atoms with Crippen LogP contribution in [0, 0.1) is 5.82 Å². The molecule has 2 aromatic carbocycles. The molecule has 132 valence electrons. The third kappa shape index (κ3) is 5.19. The van der Waals surface area contributed by atoms with Crippen molar-refractivity contribution in [3.05, 3.63) is 64.4 Å². The van der Waals surface area contributed by atoms with Crippen molar-refractivity contribution in [3.63, 3.8) is 0 Å². The number of amides is 1. The molecule has 1 aliphatic rings. The second-order valence-electron chi connectivity index (χ2n) is 5.95. The summed E-state index contributed by atoms with van der Waals surface area (Å²) >= 11 is 3.25. The molecule has 0 spiro atoms. The number of hydrogen-bond acceptors (Lipinski definition) is 3. The Morgan fingerprint density at radius 2 is 1.88 bits per heavy atom. The van der Waals surface area contributed by atoms with E-state index < -0.39 is 0 Å². The van der Waals surface area contributed by atoms with E-state index in [1.54, 1.807) is 11.0 Å². The van der Waals surface area contributed by atoms with E-state index in [4.69, 9.17) is 9.47 Å². The number of hydrogen-bond donors (Lipinski definition) is 0. The van der Waals surface area contributed by atoms with Crippen LogP contribution in [0.25, 0.3) is 0 Å². The van der Waals surface area contributed by atoms with Gasteiger partial charge in [0.15, 0.2) is 0 Å². The molecule has 0 atom stereocenters. The van der Waals surface area contributed by atoms with Gasteiger partial charge in [-0.25, -0.2) is 9.18 Å². The zero-order valence-corrected chi connectivity index (χ0v) is 15.2. The highest BCUT2D eigenvalue weighted by atomic mass is 79.9. The molecule has 0 bridgehead atoms. The Bertz CT molecular complexity index is 698. The Morgan fingerprint density at radius 3 is 2.56 bits per heavy atom. The molecule has 4 nitrogen and oxygen atoms in total. The lowest BCUT2D eigenvalue weighted by atomic mass is 10.1. The minimum Gasteiger partial charge on any atom is -0.490 e. The molecular formula is C19H19BrFNO3. The molecule has 1 saturated heterocycles. The number of ether oxygens (including phenoxy) is 2. The quantitative estimate of drug-likeness (QED) is 0.732. The Hall–Kier alpha value is -2.08. The summed E-state index contributed by atoms with van der Waals surface area (Å²) in [5.41, 5.74) is 0.964. The molecule has 0 aliphatic carbocycles. The minimum absolute atomic E-state index is 0.0353. The van der Waals surface area contributed by atoms with Crippen LogP contribution in [0.15, 0.2) is 53.0 Å². The Balaban J connectivity index is 1.45. The van der Waals surface area contributed by atoms with Gasteiger partial charge in [-0.15, -0.1) is 0 Å². The van der Waals surface area contributed by atoms with E-state index in [-0.39, 0.29) is 24.6 Å². The van der Waals surface area contributed by atoms with Crippen molar-refractivity contribution in [2.45, 2.75) is 25.6 Å². The van der Waals surface area contributed by atoms with E-state index in [1.807, 2.05) is 30.3 Å². The van der Waals surface area contributed by atoms with Crippen LogP contribution in [0.2, 0.25) is 0 Å². The van der Waals surface area contributed by atoms with Gasteiger partial charge in [-0.05, 0) is 17.7 Å². The topological polar surface area (TPSA) is 38.8 Å². The first-order valence-electron chi connectivity index (χ1n) is 8.18. The number of rotatable bonds is 4. The zero-order chi connectivity index (χ0) is 17.6. The Kier molecular flexibility index (Phi) is 5.91. The van der Waals surface area contributed by atoms with Gasteiger partial charge in [-0.2, -0.15) is 0 Å². The van der Waals surface area contributed by atoms with Gasteiger partial charge in [0.2, 0.25) is 0 Å². The molecule has 6 heteroatoms. The number of nitrogens with zero attached hydrogens (tertiary/aromatic N) is 1. The van der Waals surface area contributed by atoms with Crippen molar-refractivity contribution in [1.29, 1.82) is 0 Å². The van der Waals surface area contributed by atoms with Crippen LogP contribution in [-0.2, 0) is 11.3 Å². The van der Waals surface area contributed by atoms with Crippen molar-refractivity contribution < 1.29 is 18.7 Å². The molecule has 2 aromatic rings. The number of piperidine rings is 1. The largest absolute Gasteiger partial charge is 0.490 e. The lowest BCUT2D eigenvalue weighted by Gasteiger charge is -2.31. The van der Waals surface area contributed by atoms with Gasteiger partial charge in [0.25, 0.3) is 0 Å². The van der Waals surface area contributed by atoms with E-state index in [9.17, 15) is 9.18 Å². The molecule has 1 aliphatic heterocycles. The smallest absolute Gasteiger partial charge is 0.410 e. The normalized spacial score (nSPS) is 15.0. The summed E-state index contributed by atoms with van der Waals surface area (Å²) in [7, 11) is 0. The fourth-order valence-corrected chi connectivity index (χ4v) is 3.20. The average Bonchev–Trinajstić information content (AvgIpc) is 2.60. The number of halogens is 2. The first-order chi connectivity index (χ1) is 12.1. The van der Waals surface area contributed by atoms with Crippen LogP contribution in [-0.4, -0.2) is 30.2 Å². The molecule has 3 rings (SSSR count). The van der Waals surface area contributed by atoms with Crippen LogP contribution in [0.4, 0.5) is 9.18 Å². The van der Waals surface area contributed by atoms with E-state index in [0.29, 0.717) is 36.2 Å². The maximum Gasteiger partial charge on any atom is 0.410 e. The van der Waals surface area contributed by atoms with Crippen molar-refractivity contribution in [3.8, 4) is 5.75 Å². The minimum atomic E-state index is -0.341. The molecule has 1 amide bonds. The lowest BCUT2D eigenvalue weighted by molar-refractivity contribution is 0.0637. The average molecular weight is 408 g/mol. The van der Waals surface area contributed by atoms with Gasteiger partial charge in [-0.1, -0.05) is 46.3 Å². The van der Waals surface area contributed by atoms with Crippen molar-refractivity contribution in [1.82, 2.24) is 4.90 Å². The highest BCUT2D eigenvalue weighted by molar-refractivity contribution is 9.10. The Labute approximate surface area is 154 Å². The molecule has 0 N–H and O–H groups in total. The van der Waals surface area contributed by atoms with Gasteiger partial charge in [-0.3, -0.25) is 0 Å². The van der Waals surface area contributed by atoms with Crippen LogP contribution < -0.4 is 4.74 Å². The summed E-state index contributed by atoms with van der Waals surface area (Å²) in [5, 5.41) is 0. The molecular weight excluding hydrogens is 389 g/mol. The van der Waals surface area contributed by atoms with Crippen molar-refractivity contribution >= 4 is 22.0 Å². The number of carbonyl (C=O) groups is 1. The maximum absolute atomic E-state index is 13.4. The predicted molar refractivity (Wildman–Crippen MR) is 96.0 cm³/mol. The van der Waals surface area contributed by atoms with Gasteiger partial charge >= 0.3 is 6.09 Å². The summed E-state index contributed by atoms with van der Waals surface area (Å²) in [6.45, 7) is 1.40. The SMILES string of the molecule is O=C(OCc1ccccc1)N1CCC(Oc2cc(F)cc(Br)c2)CC1. The lowest BCUT2D eigenvalue weighted by Crippen LogP contribution is -2.42. The molecule has 25 heavy (non-hydrogen) atoms. The first-order valence-corrected chi connectivity index (χ1v) is 8.98. The third-order valence-corrected chi connectivity index (χ3v) is 4.50. The second kappa shape index (κ2) is 8.34. The standard InChI is InChI=1S/C19H19BrFNO3/c20-15-10-16(21)12-18(11-15)25-17-6-8-22(9-7-17)19(23)24-13-14-4-2-1-3-5-14/h1-5,10-12,17H,6-9,13H2. The molecule has 0 saturated carbocycles. The van der Waals surface area contributed by atoms with Gasteiger partial charge in [0.1, 0.15) is 24.3 Å². The molecule has 0 unspecified atom stereocenters. The fraction of sp³-hybridized carbons (Fsp3) is 0.316. The maximum atomic E-state index is 13.4. The highest BCUT2D eigenvalue weighted by Gasteiger charge is 2.25. The van der Waals surface area contributed by atoms with E-state index in [2.05, 4.69) is 15.9 Å². The zero-order valence-electron chi connectivity index (χ0n) is 13.7. The van der Waals surface area contributed by atoms with Crippen molar-refractivity contribution in [2.75, 3.05) is 13.1 Å². The van der Waals surface area contributed by atoms with Crippen LogP contribution in [0.1, 0.15) is 18.4 Å². The van der Waals surface area contributed by atoms with E-state index in [1.165, 1.54) is 12.1 Å². The van der Waals surface area contributed by atoms with Crippen LogP contribution in [0.5, 0.6) is 5.75 Å². The second-order valence-corrected chi connectivity index (χ2v) is 6.87. The Morgan fingerprint density at radius 1 is 1.16 bits per heavy atom. The summed E-state index contributed by atoms with van der Waals surface area (Å²) in [6, 6.07) is 14.1. The van der Waals surface area contributed by atoms with E-state index >= 15 is 0 Å². The van der Waals surface area contributed by atoms with Gasteiger partial charge in [0.05, 0.1) is 0 Å². The summed E-state index contributed by atoms with van der Waals surface area (Å²) in [6.07, 6.45) is 1.03. The van der Waals surface area contributed by atoms with Gasteiger partial charge < -0.3 is 14.4 Å². The predicted octanol–water partition coefficient (Wildman–Crippen LogP) is 4.77. The summed E-state index contributed by atoms with van der Waals surface area (Å²) < 4.78 is 25.2. The first kappa shape index (κ1) is 17.7. The molecule has 0 radical (unpaired) electrons. The third-order valence-electron chi connectivity index (χ3n) is 4.04. The highest BCUT2D eigenvalue weighted by Crippen LogP contribution is 2.24. The van der Waals surface area contributed by atoms with Crippen molar-refractivity contribution in [2.24, 2.45) is 0 Å².